The number of rotatable bonds is 8. The zero-order chi connectivity index (χ0) is 14.8. The van der Waals surface area contributed by atoms with Crippen molar-refractivity contribution in [3.05, 3.63) is 41.0 Å². The summed E-state index contributed by atoms with van der Waals surface area (Å²) in [6.07, 6.45) is 3.12. The molecule has 20 heavy (non-hydrogen) atoms. The number of ether oxygens (including phenoxy) is 2. The zero-order valence-electron chi connectivity index (χ0n) is 12.4. The predicted molar refractivity (Wildman–Crippen MR) is 80.8 cm³/mol. The van der Waals surface area contributed by atoms with Crippen LogP contribution in [-0.2, 0) is 9.47 Å². The van der Waals surface area contributed by atoms with Gasteiger partial charge in [-0.25, -0.2) is 4.79 Å². The van der Waals surface area contributed by atoms with Crippen molar-refractivity contribution >= 4 is 12.0 Å². The van der Waals surface area contributed by atoms with E-state index >= 15 is 0 Å². The first kappa shape index (κ1) is 16.4. The Morgan fingerprint density at radius 3 is 2.50 bits per heavy atom. The monoisotopic (exact) mass is 277 g/mol. The summed E-state index contributed by atoms with van der Waals surface area (Å²) in [6.45, 7) is 4.53. The molecule has 0 aromatic heterocycles. The number of benzene rings is 1. The highest BCUT2D eigenvalue weighted by Crippen LogP contribution is 2.11. The lowest BCUT2D eigenvalue weighted by Gasteiger charge is -2.07. The quantitative estimate of drug-likeness (QED) is 0.586. The van der Waals surface area contributed by atoms with Gasteiger partial charge in [-0.3, -0.25) is 0 Å². The van der Waals surface area contributed by atoms with Gasteiger partial charge in [0.05, 0.1) is 19.3 Å². The van der Waals surface area contributed by atoms with Crippen molar-refractivity contribution in [1.29, 1.82) is 0 Å². The fourth-order valence-corrected chi connectivity index (χ4v) is 1.77. The first-order chi connectivity index (χ1) is 9.71. The third-order valence-electron chi connectivity index (χ3n) is 2.99. The Morgan fingerprint density at radius 1 is 1.25 bits per heavy atom. The topological polar surface area (TPSA) is 47.6 Å². The van der Waals surface area contributed by atoms with Gasteiger partial charge in [0.1, 0.15) is 0 Å². The van der Waals surface area contributed by atoms with Crippen molar-refractivity contribution in [3.63, 3.8) is 0 Å². The second-order valence-electron chi connectivity index (χ2n) is 4.44. The van der Waals surface area contributed by atoms with Crippen molar-refractivity contribution in [3.8, 4) is 0 Å². The summed E-state index contributed by atoms with van der Waals surface area (Å²) in [4.78, 5) is 11.3. The molecule has 0 spiro atoms. The van der Waals surface area contributed by atoms with Gasteiger partial charge in [0.25, 0.3) is 0 Å². The van der Waals surface area contributed by atoms with Gasteiger partial charge in [-0.2, -0.15) is 0 Å². The summed E-state index contributed by atoms with van der Waals surface area (Å²) in [7, 11) is 3.08. The minimum atomic E-state index is -0.308. The molecule has 0 bridgehead atoms. The fourth-order valence-electron chi connectivity index (χ4n) is 1.77. The molecule has 0 heterocycles. The molecule has 0 aliphatic heterocycles. The maximum Gasteiger partial charge on any atom is 0.337 e. The van der Waals surface area contributed by atoms with Crippen molar-refractivity contribution < 1.29 is 14.3 Å². The molecule has 0 saturated heterocycles. The molecule has 0 aliphatic rings. The summed E-state index contributed by atoms with van der Waals surface area (Å²) in [5, 5.41) is 3.33. The van der Waals surface area contributed by atoms with Crippen LogP contribution in [0.15, 0.2) is 29.8 Å². The first-order valence-electron chi connectivity index (χ1n) is 6.78. The van der Waals surface area contributed by atoms with E-state index in [9.17, 15) is 4.79 Å². The molecule has 4 nitrogen and oxygen atoms in total. The Labute approximate surface area is 120 Å². The van der Waals surface area contributed by atoms with Gasteiger partial charge < -0.3 is 14.8 Å². The summed E-state index contributed by atoms with van der Waals surface area (Å²) in [6, 6.07) is 7.42. The molecule has 1 N–H and O–H groups in total. The van der Waals surface area contributed by atoms with Crippen molar-refractivity contribution in [2.45, 2.75) is 13.3 Å². The Morgan fingerprint density at radius 2 is 1.95 bits per heavy atom. The number of esters is 1. The maximum absolute atomic E-state index is 11.3. The van der Waals surface area contributed by atoms with Crippen LogP contribution in [0, 0.1) is 0 Å². The lowest BCUT2D eigenvalue weighted by atomic mass is 10.1. The van der Waals surface area contributed by atoms with Crippen LogP contribution in [0.2, 0.25) is 0 Å². The molecule has 1 aromatic rings. The molecule has 4 heteroatoms. The highest BCUT2D eigenvalue weighted by molar-refractivity contribution is 5.89. The van der Waals surface area contributed by atoms with E-state index in [1.165, 1.54) is 12.7 Å². The van der Waals surface area contributed by atoms with E-state index in [2.05, 4.69) is 23.1 Å². The maximum atomic E-state index is 11.3. The van der Waals surface area contributed by atoms with Gasteiger partial charge in [-0.1, -0.05) is 30.7 Å². The standard InChI is InChI=1S/C16H23NO3/c1-4-13(12-17-9-10-19-2)11-14-5-7-15(8-6-14)16(18)20-3/h5-8,11,17H,4,9-10,12H2,1-3H3. The highest BCUT2D eigenvalue weighted by atomic mass is 16.5. The van der Waals surface area contributed by atoms with E-state index in [-0.39, 0.29) is 5.97 Å². The first-order valence-corrected chi connectivity index (χ1v) is 6.78. The molecule has 0 atom stereocenters. The van der Waals surface area contributed by atoms with Crippen LogP contribution in [0.25, 0.3) is 6.08 Å². The number of carbonyl (C=O) groups is 1. The van der Waals surface area contributed by atoms with Gasteiger partial charge in [-0.15, -0.1) is 0 Å². The molecule has 0 aliphatic carbocycles. The van der Waals surface area contributed by atoms with Crippen molar-refractivity contribution in [2.75, 3.05) is 33.9 Å². The number of carbonyl (C=O) groups excluding carboxylic acids is 1. The van der Waals surface area contributed by atoms with Crippen LogP contribution in [0.5, 0.6) is 0 Å². The minimum absolute atomic E-state index is 0.308. The van der Waals surface area contributed by atoms with Gasteiger partial charge in [-0.05, 0) is 24.1 Å². The summed E-state index contributed by atoms with van der Waals surface area (Å²) >= 11 is 0. The van der Waals surface area contributed by atoms with E-state index in [4.69, 9.17) is 4.74 Å². The molecule has 0 saturated carbocycles. The van der Waals surface area contributed by atoms with Gasteiger partial charge in [0.2, 0.25) is 0 Å². The Kier molecular flexibility index (Phi) is 7.62. The third kappa shape index (κ3) is 5.55. The highest BCUT2D eigenvalue weighted by Gasteiger charge is 2.03. The second kappa shape index (κ2) is 9.28. The molecule has 0 radical (unpaired) electrons. The number of hydrogen-bond acceptors (Lipinski definition) is 4. The summed E-state index contributed by atoms with van der Waals surface area (Å²) in [5.74, 6) is -0.308. The van der Waals surface area contributed by atoms with E-state index in [0.717, 1.165) is 25.1 Å². The molecule has 0 fully saturated rings. The molecular formula is C16H23NO3. The Hall–Kier alpha value is -1.65. The van der Waals surface area contributed by atoms with E-state index in [1.807, 2.05) is 12.1 Å². The van der Waals surface area contributed by atoms with E-state index in [1.54, 1.807) is 19.2 Å². The average Bonchev–Trinajstić information content (AvgIpc) is 2.50. The molecule has 0 amide bonds. The molecule has 1 aromatic carbocycles. The van der Waals surface area contributed by atoms with Gasteiger partial charge in [0.15, 0.2) is 0 Å². The normalized spacial score (nSPS) is 11.4. The van der Waals surface area contributed by atoms with Crippen LogP contribution < -0.4 is 5.32 Å². The lowest BCUT2D eigenvalue weighted by molar-refractivity contribution is 0.0600. The largest absolute Gasteiger partial charge is 0.465 e. The van der Waals surface area contributed by atoms with Crippen LogP contribution in [0.4, 0.5) is 0 Å². The minimum Gasteiger partial charge on any atom is -0.465 e. The van der Waals surface area contributed by atoms with Gasteiger partial charge in [0, 0.05) is 20.2 Å². The summed E-state index contributed by atoms with van der Waals surface area (Å²) in [5.41, 5.74) is 2.97. The van der Waals surface area contributed by atoms with Crippen LogP contribution in [-0.4, -0.2) is 39.9 Å². The van der Waals surface area contributed by atoms with Crippen LogP contribution in [0.1, 0.15) is 29.3 Å². The van der Waals surface area contributed by atoms with Crippen molar-refractivity contribution in [2.24, 2.45) is 0 Å². The smallest absolute Gasteiger partial charge is 0.337 e. The van der Waals surface area contributed by atoms with Crippen LogP contribution in [0.3, 0.4) is 0 Å². The number of hydrogen-bond donors (Lipinski definition) is 1. The van der Waals surface area contributed by atoms with E-state index in [0.29, 0.717) is 12.2 Å². The molecular weight excluding hydrogens is 254 g/mol. The molecule has 1 rings (SSSR count). The third-order valence-corrected chi connectivity index (χ3v) is 2.99. The molecule has 110 valence electrons. The lowest BCUT2D eigenvalue weighted by Crippen LogP contribution is -2.21. The Bertz CT molecular complexity index is 438. The summed E-state index contributed by atoms with van der Waals surface area (Å²) < 4.78 is 9.67. The zero-order valence-corrected chi connectivity index (χ0v) is 12.4. The Balaban J connectivity index is 2.63. The second-order valence-corrected chi connectivity index (χ2v) is 4.44. The predicted octanol–water partition coefficient (Wildman–Crippen LogP) is 2.50. The molecule has 0 unspecified atom stereocenters. The van der Waals surface area contributed by atoms with Crippen LogP contribution >= 0.6 is 0 Å². The fraction of sp³-hybridized carbons (Fsp3) is 0.438. The van der Waals surface area contributed by atoms with Crippen molar-refractivity contribution in [1.82, 2.24) is 5.32 Å². The van der Waals surface area contributed by atoms with Gasteiger partial charge >= 0.3 is 5.97 Å². The average molecular weight is 277 g/mol. The number of methoxy groups -OCH3 is 2. The SMILES string of the molecule is CCC(=Cc1ccc(C(=O)OC)cc1)CNCCOC. The van der Waals surface area contributed by atoms with E-state index < -0.39 is 0 Å². The number of nitrogens with one attached hydrogen (secondary N) is 1.